The van der Waals surface area contributed by atoms with Gasteiger partial charge in [0.05, 0.1) is 25.5 Å². The Kier molecular flexibility index (Phi) is 20.9. The van der Waals surface area contributed by atoms with Crippen LogP contribution in [0.2, 0.25) is 0 Å². The zero-order chi connectivity index (χ0) is 13.6. The number of esters is 1. The monoisotopic (exact) mass is 229 g/mol. The Morgan fingerprint density at radius 1 is 1.25 bits per heavy atom. The fraction of sp³-hybridized carbons (Fsp3) is 0.846. The minimum Gasteiger partial charge on any atom is -0.469 e. The van der Waals surface area contributed by atoms with Gasteiger partial charge in [0.25, 0.3) is 0 Å². The number of carbonyl (C=O) groups is 1. The highest BCUT2D eigenvalue weighted by molar-refractivity contribution is 5.69. The molecule has 1 atom stereocenters. The average Bonchev–Trinajstić information content (AvgIpc) is 2.32. The van der Waals surface area contributed by atoms with E-state index in [0.717, 1.165) is 6.42 Å². The van der Waals surface area contributed by atoms with Gasteiger partial charge in [0.15, 0.2) is 0 Å². The van der Waals surface area contributed by atoms with E-state index in [4.69, 9.17) is 5.26 Å². The van der Waals surface area contributed by atoms with Crippen LogP contribution in [0, 0.1) is 23.2 Å². The summed E-state index contributed by atoms with van der Waals surface area (Å²) >= 11 is 0. The van der Waals surface area contributed by atoms with Crippen LogP contribution in [0.3, 0.4) is 0 Å². The van der Waals surface area contributed by atoms with Crippen molar-refractivity contribution < 1.29 is 9.53 Å². The van der Waals surface area contributed by atoms with E-state index in [0.29, 0.717) is 5.92 Å². The summed E-state index contributed by atoms with van der Waals surface area (Å²) in [4.78, 5) is 10.8. The van der Waals surface area contributed by atoms with E-state index in [-0.39, 0.29) is 18.3 Å². The first-order valence-corrected chi connectivity index (χ1v) is 6.06. The number of hydrogen-bond donors (Lipinski definition) is 0. The van der Waals surface area contributed by atoms with Crippen molar-refractivity contribution in [3.8, 4) is 6.07 Å². The molecule has 0 aliphatic heterocycles. The molecule has 0 amide bonds. The molecule has 0 aromatic heterocycles. The second-order valence-corrected chi connectivity index (χ2v) is 3.24. The molecular weight excluding hydrogens is 202 g/mol. The van der Waals surface area contributed by atoms with Crippen molar-refractivity contribution in [3.05, 3.63) is 0 Å². The number of nitrogens with zero attached hydrogens (tertiary/aromatic N) is 1. The third kappa shape index (κ3) is 15.4. The van der Waals surface area contributed by atoms with Gasteiger partial charge in [-0.15, -0.1) is 0 Å². The number of hydrogen-bond acceptors (Lipinski definition) is 3. The molecule has 0 heterocycles. The van der Waals surface area contributed by atoms with E-state index in [2.05, 4.69) is 10.8 Å². The molecule has 0 rings (SSSR count). The van der Waals surface area contributed by atoms with E-state index in [1.807, 2.05) is 41.5 Å². The third-order valence-corrected chi connectivity index (χ3v) is 1.58. The molecule has 0 bridgehead atoms. The molecule has 96 valence electrons. The Labute approximate surface area is 101 Å². The number of methoxy groups -OCH3 is 1. The molecule has 0 N–H and O–H groups in total. The lowest BCUT2D eigenvalue weighted by Gasteiger charge is -2.09. The van der Waals surface area contributed by atoms with Crippen molar-refractivity contribution in [2.24, 2.45) is 11.8 Å². The van der Waals surface area contributed by atoms with E-state index < -0.39 is 0 Å². The molecule has 0 aromatic rings. The van der Waals surface area contributed by atoms with Crippen LogP contribution in [0.5, 0.6) is 0 Å². The molecule has 0 radical (unpaired) electrons. The molecule has 0 saturated carbocycles. The maximum atomic E-state index is 10.8. The lowest BCUT2D eigenvalue weighted by molar-refractivity contribution is -0.141. The largest absolute Gasteiger partial charge is 0.469 e. The first-order chi connectivity index (χ1) is 7.60. The summed E-state index contributed by atoms with van der Waals surface area (Å²) in [6.45, 7) is 12.1. The first kappa shape index (κ1) is 20.4. The average molecular weight is 229 g/mol. The Morgan fingerprint density at radius 3 is 1.94 bits per heavy atom. The third-order valence-electron chi connectivity index (χ3n) is 1.58. The Bertz CT molecular complexity index is 183. The van der Waals surface area contributed by atoms with Crippen molar-refractivity contribution in [2.75, 3.05) is 7.11 Å². The molecule has 0 spiro atoms. The zero-order valence-electron chi connectivity index (χ0n) is 11.8. The molecule has 0 aliphatic rings. The van der Waals surface area contributed by atoms with E-state index in [1.165, 1.54) is 7.11 Å². The fourth-order valence-corrected chi connectivity index (χ4v) is 1.04. The van der Waals surface area contributed by atoms with Gasteiger partial charge >= 0.3 is 5.97 Å². The Morgan fingerprint density at radius 2 is 1.69 bits per heavy atom. The lowest BCUT2D eigenvalue weighted by Crippen LogP contribution is -2.10. The highest BCUT2D eigenvalue weighted by atomic mass is 16.5. The summed E-state index contributed by atoms with van der Waals surface area (Å²) in [5.74, 6) is -0.0565. The van der Waals surface area contributed by atoms with Gasteiger partial charge in [0, 0.05) is 0 Å². The number of rotatable bonds is 4. The predicted molar refractivity (Wildman–Crippen MR) is 67.9 cm³/mol. The van der Waals surface area contributed by atoms with Crippen molar-refractivity contribution in [3.63, 3.8) is 0 Å². The summed E-state index contributed by atoms with van der Waals surface area (Å²) in [5.41, 5.74) is 0. The lowest BCUT2D eigenvalue weighted by atomic mass is 9.96. The minimum atomic E-state index is -0.304. The van der Waals surface area contributed by atoms with Gasteiger partial charge in [-0.25, -0.2) is 0 Å². The summed E-state index contributed by atoms with van der Waals surface area (Å²) in [6.07, 6.45) is 0.969. The quantitative estimate of drug-likeness (QED) is 0.689. The molecule has 1 unspecified atom stereocenters. The summed E-state index contributed by atoms with van der Waals surface area (Å²) in [7, 11) is 1.34. The normalized spacial score (nSPS) is 9.94. The zero-order valence-corrected chi connectivity index (χ0v) is 11.8. The van der Waals surface area contributed by atoms with Gasteiger partial charge in [0.2, 0.25) is 0 Å². The highest BCUT2D eigenvalue weighted by Gasteiger charge is 2.14. The molecule has 0 aliphatic carbocycles. The molecule has 3 heteroatoms. The predicted octanol–water partition coefficient (Wildman–Crippen LogP) is 3.79. The van der Waals surface area contributed by atoms with E-state index >= 15 is 0 Å². The minimum absolute atomic E-state index is 0.197. The first-order valence-electron chi connectivity index (χ1n) is 6.06. The maximum absolute atomic E-state index is 10.8. The molecule has 0 saturated heterocycles. The van der Waals surface area contributed by atoms with Gasteiger partial charge in [-0.1, -0.05) is 41.5 Å². The SMILES string of the molecule is CC.CC.COC(=O)CC(C#N)CC(C)C. The van der Waals surface area contributed by atoms with Crippen molar-refractivity contribution in [2.45, 2.75) is 54.4 Å². The van der Waals surface area contributed by atoms with Crippen molar-refractivity contribution in [1.82, 2.24) is 0 Å². The second-order valence-electron chi connectivity index (χ2n) is 3.24. The van der Waals surface area contributed by atoms with Crippen molar-refractivity contribution in [1.29, 1.82) is 5.26 Å². The van der Waals surface area contributed by atoms with Crippen LogP contribution in [0.25, 0.3) is 0 Å². The topological polar surface area (TPSA) is 50.1 Å². The van der Waals surface area contributed by atoms with Gasteiger partial charge in [-0.05, 0) is 12.3 Å². The van der Waals surface area contributed by atoms with Crippen LogP contribution in [0.4, 0.5) is 0 Å². The summed E-state index contributed by atoms with van der Waals surface area (Å²) in [6, 6.07) is 2.10. The fourth-order valence-electron chi connectivity index (χ4n) is 1.04. The molecule has 16 heavy (non-hydrogen) atoms. The highest BCUT2D eigenvalue weighted by Crippen LogP contribution is 2.14. The standard InChI is InChI=1S/C9H15NO2.2C2H6/c1-7(2)4-8(6-10)5-9(11)12-3;2*1-2/h7-8H,4-5H2,1-3H3;2*1-2H3. The molecular formula is C13H27NO2. The van der Waals surface area contributed by atoms with Crippen LogP contribution in [-0.2, 0) is 9.53 Å². The van der Waals surface area contributed by atoms with Crippen LogP contribution >= 0.6 is 0 Å². The summed E-state index contributed by atoms with van der Waals surface area (Å²) < 4.78 is 4.47. The molecule has 0 aromatic carbocycles. The maximum Gasteiger partial charge on any atom is 0.306 e. The van der Waals surface area contributed by atoms with Crippen LogP contribution < -0.4 is 0 Å². The Balaban J connectivity index is -0.000000376. The van der Waals surface area contributed by atoms with Crippen LogP contribution in [-0.4, -0.2) is 13.1 Å². The second kappa shape index (κ2) is 16.4. The van der Waals surface area contributed by atoms with Gasteiger partial charge in [0.1, 0.15) is 0 Å². The van der Waals surface area contributed by atoms with E-state index in [9.17, 15) is 4.79 Å². The number of ether oxygens (including phenoxy) is 1. The van der Waals surface area contributed by atoms with Gasteiger partial charge in [-0.2, -0.15) is 5.26 Å². The van der Waals surface area contributed by atoms with Crippen LogP contribution in [0.1, 0.15) is 54.4 Å². The summed E-state index contributed by atoms with van der Waals surface area (Å²) in [5, 5.41) is 8.66. The molecule has 3 nitrogen and oxygen atoms in total. The number of nitriles is 1. The Hall–Kier alpha value is -1.04. The van der Waals surface area contributed by atoms with Crippen LogP contribution in [0.15, 0.2) is 0 Å². The van der Waals surface area contributed by atoms with E-state index in [1.54, 1.807) is 0 Å². The van der Waals surface area contributed by atoms with Gasteiger partial charge in [-0.3, -0.25) is 4.79 Å². The molecule has 0 fully saturated rings. The van der Waals surface area contributed by atoms with Gasteiger partial charge < -0.3 is 4.74 Å². The van der Waals surface area contributed by atoms with Crippen molar-refractivity contribution >= 4 is 5.97 Å². The number of carbonyl (C=O) groups excluding carboxylic acids is 1. The smallest absolute Gasteiger partial charge is 0.306 e.